The van der Waals surface area contributed by atoms with Crippen LogP contribution in [0.1, 0.15) is 40.0 Å². The molecule has 2 bridgehead atoms. The third-order valence-corrected chi connectivity index (χ3v) is 5.85. The lowest BCUT2D eigenvalue weighted by atomic mass is 9.69. The van der Waals surface area contributed by atoms with E-state index in [1.54, 1.807) is 0 Å². The average Bonchev–Trinajstić information content (AvgIpc) is 2.63. The van der Waals surface area contributed by atoms with E-state index < -0.39 is 0 Å². The number of Topliss-reactive ketones (excluding diaryl/α,β-unsaturated/α-hetero) is 1. The van der Waals surface area contributed by atoms with Gasteiger partial charge in [-0.25, -0.2) is 0 Å². The van der Waals surface area contributed by atoms with Crippen LogP contribution in [-0.2, 0) is 4.79 Å². The van der Waals surface area contributed by atoms with E-state index in [1.165, 1.54) is 24.8 Å². The van der Waals surface area contributed by atoms with Gasteiger partial charge in [0.2, 0.25) is 0 Å². The highest BCUT2D eigenvalue weighted by molar-refractivity contribution is 5.86. The van der Waals surface area contributed by atoms with Crippen molar-refractivity contribution in [3.63, 3.8) is 0 Å². The fourth-order valence-corrected chi connectivity index (χ4v) is 4.96. The molecule has 0 aromatic rings. The molecule has 0 aliphatic heterocycles. The van der Waals surface area contributed by atoms with E-state index in [9.17, 15) is 4.79 Å². The van der Waals surface area contributed by atoms with Crippen LogP contribution < -0.4 is 0 Å². The normalized spacial score (nSPS) is 54.4. The second-order valence-electron chi connectivity index (χ2n) is 6.83. The van der Waals surface area contributed by atoms with E-state index in [-0.39, 0.29) is 0 Å². The van der Waals surface area contributed by atoms with Crippen molar-refractivity contribution < 1.29 is 4.79 Å². The predicted molar refractivity (Wildman–Crippen MR) is 64.9 cm³/mol. The van der Waals surface area contributed by atoms with Crippen LogP contribution in [0.25, 0.3) is 0 Å². The Bertz CT molecular complexity index is 370. The number of allylic oxidation sites excluding steroid dienone is 1. The van der Waals surface area contributed by atoms with Gasteiger partial charge in [0.05, 0.1) is 0 Å². The molecule has 0 radical (unpaired) electrons. The zero-order valence-electron chi connectivity index (χ0n) is 10.6. The molecular weight excluding hydrogens is 196 g/mol. The number of ketones is 1. The Morgan fingerprint density at radius 3 is 2.75 bits per heavy atom. The zero-order chi connectivity index (χ0) is 11.7. The van der Waals surface area contributed by atoms with Crippen LogP contribution >= 0.6 is 0 Å². The van der Waals surface area contributed by atoms with Gasteiger partial charge < -0.3 is 0 Å². The Hall–Kier alpha value is -0.590. The molecule has 0 amide bonds. The summed E-state index contributed by atoms with van der Waals surface area (Å²) in [6, 6.07) is 0. The highest BCUT2D eigenvalue weighted by Crippen LogP contribution is 2.66. The summed E-state index contributed by atoms with van der Waals surface area (Å²) >= 11 is 0. The van der Waals surface area contributed by atoms with Crippen molar-refractivity contribution >= 4 is 5.78 Å². The number of carbonyl (C=O) groups excluding carboxylic acids is 1. The summed E-state index contributed by atoms with van der Waals surface area (Å²) in [6.07, 6.45) is 3.80. The first kappa shape index (κ1) is 10.6. The van der Waals surface area contributed by atoms with Crippen LogP contribution in [0, 0.1) is 35.0 Å². The Balaban J connectivity index is 2.04. The SMILES string of the molecule is C=C(C)[C@@H]1C[C@]2(C)C[C@H]3C[C@@H]2[C@@H]1C(=O)[C@@H]3C. The molecule has 0 spiro atoms. The Morgan fingerprint density at radius 2 is 2.12 bits per heavy atom. The summed E-state index contributed by atoms with van der Waals surface area (Å²) < 4.78 is 0. The van der Waals surface area contributed by atoms with Crippen molar-refractivity contribution in [2.24, 2.45) is 35.0 Å². The molecule has 0 heterocycles. The van der Waals surface area contributed by atoms with Crippen molar-refractivity contribution in [2.45, 2.75) is 40.0 Å². The fraction of sp³-hybridized carbons (Fsp3) is 0.800. The molecule has 0 aromatic heterocycles. The van der Waals surface area contributed by atoms with E-state index >= 15 is 0 Å². The molecular formula is C15H22O. The molecule has 0 aromatic carbocycles. The maximum Gasteiger partial charge on any atom is 0.139 e. The summed E-state index contributed by atoms with van der Waals surface area (Å²) in [5.41, 5.74) is 1.68. The molecule has 1 heteroatoms. The van der Waals surface area contributed by atoms with Crippen LogP contribution in [0.5, 0.6) is 0 Å². The van der Waals surface area contributed by atoms with Crippen LogP contribution in [-0.4, -0.2) is 5.78 Å². The maximum atomic E-state index is 12.5. The van der Waals surface area contributed by atoms with Crippen molar-refractivity contribution in [3.05, 3.63) is 12.2 Å². The highest BCUT2D eigenvalue weighted by Gasteiger charge is 2.62. The molecule has 3 fully saturated rings. The number of carbonyl (C=O) groups is 1. The van der Waals surface area contributed by atoms with Gasteiger partial charge in [0, 0.05) is 11.8 Å². The van der Waals surface area contributed by atoms with E-state index in [4.69, 9.17) is 0 Å². The first-order valence-corrected chi connectivity index (χ1v) is 6.63. The quantitative estimate of drug-likeness (QED) is 0.616. The zero-order valence-corrected chi connectivity index (χ0v) is 10.6. The minimum Gasteiger partial charge on any atom is -0.299 e. The lowest BCUT2D eigenvalue weighted by Crippen LogP contribution is -2.37. The maximum absolute atomic E-state index is 12.5. The van der Waals surface area contributed by atoms with E-state index in [0.717, 1.165) is 0 Å². The number of fused-ring (bicyclic) bond motifs is 1. The van der Waals surface area contributed by atoms with Crippen LogP contribution in [0.15, 0.2) is 12.2 Å². The highest BCUT2D eigenvalue weighted by atomic mass is 16.1. The second-order valence-corrected chi connectivity index (χ2v) is 6.83. The Labute approximate surface area is 98.3 Å². The lowest BCUT2D eigenvalue weighted by Gasteiger charge is -2.33. The topological polar surface area (TPSA) is 17.1 Å². The monoisotopic (exact) mass is 218 g/mol. The molecule has 16 heavy (non-hydrogen) atoms. The van der Waals surface area contributed by atoms with Crippen LogP contribution in [0.2, 0.25) is 0 Å². The molecule has 0 N–H and O–H groups in total. The van der Waals surface area contributed by atoms with Crippen LogP contribution in [0.3, 0.4) is 0 Å². The summed E-state index contributed by atoms with van der Waals surface area (Å²) in [5.74, 6) is 3.01. The second kappa shape index (κ2) is 3.00. The van der Waals surface area contributed by atoms with Gasteiger partial charge in [-0.05, 0) is 49.4 Å². The standard InChI is InChI=1S/C15H22O/c1-8(2)11-7-15(4)6-10-5-12(15)13(11)14(16)9(10)3/h9-13H,1,5-7H2,2-4H3/t9-,10-,11+,12-,13-,15+/m1/s1. The average molecular weight is 218 g/mol. The molecule has 3 aliphatic rings. The summed E-state index contributed by atoms with van der Waals surface area (Å²) in [6.45, 7) is 10.8. The summed E-state index contributed by atoms with van der Waals surface area (Å²) in [4.78, 5) is 12.5. The largest absolute Gasteiger partial charge is 0.299 e. The lowest BCUT2D eigenvalue weighted by molar-refractivity contribution is -0.132. The van der Waals surface area contributed by atoms with Crippen molar-refractivity contribution in [1.29, 1.82) is 0 Å². The van der Waals surface area contributed by atoms with E-state index in [0.29, 0.717) is 40.8 Å². The minimum atomic E-state index is 0.310. The van der Waals surface area contributed by atoms with Gasteiger partial charge in [-0.2, -0.15) is 0 Å². The van der Waals surface area contributed by atoms with Gasteiger partial charge in [0.15, 0.2) is 0 Å². The van der Waals surface area contributed by atoms with Gasteiger partial charge in [0.1, 0.15) is 5.78 Å². The third kappa shape index (κ3) is 1.10. The van der Waals surface area contributed by atoms with Crippen molar-refractivity contribution in [1.82, 2.24) is 0 Å². The van der Waals surface area contributed by atoms with Gasteiger partial charge in [-0.15, -0.1) is 0 Å². The van der Waals surface area contributed by atoms with Gasteiger partial charge in [-0.3, -0.25) is 4.79 Å². The summed E-state index contributed by atoms with van der Waals surface area (Å²) in [7, 11) is 0. The van der Waals surface area contributed by atoms with Gasteiger partial charge in [0.25, 0.3) is 0 Å². The van der Waals surface area contributed by atoms with E-state index in [1.807, 2.05) is 0 Å². The molecule has 3 aliphatic carbocycles. The van der Waals surface area contributed by atoms with Gasteiger partial charge in [-0.1, -0.05) is 26.0 Å². The van der Waals surface area contributed by atoms with Crippen molar-refractivity contribution in [3.8, 4) is 0 Å². The Morgan fingerprint density at radius 1 is 1.44 bits per heavy atom. The Kier molecular flexibility index (Phi) is 1.98. The van der Waals surface area contributed by atoms with E-state index in [2.05, 4.69) is 27.4 Å². The molecule has 0 saturated heterocycles. The first-order valence-electron chi connectivity index (χ1n) is 6.63. The number of hydrogen-bond acceptors (Lipinski definition) is 1. The minimum absolute atomic E-state index is 0.310. The summed E-state index contributed by atoms with van der Waals surface area (Å²) in [5, 5.41) is 0. The molecule has 3 rings (SSSR count). The molecule has 1 nitrogen and oxygen atoms in total. The molecule has 0 unspecified atom stereocenters. The van der Waals surface area contributed by atoms with Crippen LogP contribution in [0.4, 0.5) is 0 Å². The number of rotatable bonds is 1. The third-order valence-electron chi connectivity index (χ3n) is 5.85. The molecule has 3 saturated carbocycles. The molecule has 88 valence electrons. The van der Waals surface area contributed by atoms with Gasteiger partial charge >= 0.3 is 0 Å². The first-order chi connectivity index (χ1) is 7.44. The molecule has 6 atom stereocenters. The van der Waals surface area contributed by atoms with Crippen molar-refractivity contribution in [2.75, 3.05) is 0 Å². The fourth-order valence-electron chi connectivity index (χ4n) is 4.96. The smallest absolute Gasteiger partial charge is 0.139 e. The number of hydrogen-bond donors (Lipinski definition) is 0. The predicted octanol–water partition coefficient (Wildman–Crippen LogP) is 3.45.